The number of hydrogen-bond acceptors (Lipinski definition) is 3. The number of halogens is 1. The first-order valence-corrected chi connectivity index (χ1v) is 7.25. The Morgan fingerprint density at radius 2 is 2.09 bits per heavy atom. The summed E-state index contributed by atoms with van der Waals surface area (Å²) in [6.45, 7) is 0.283. The number of likely N-dealkylation sites (tertiary alicyclic amines) is 1. The fourth-order valence-corrected chi connectivity index (χ4v) is 2.90. The van der Waals surface area contributed by atoms with Crippen molar-refractivity contribution in [2.75, 3.05) is 6.54 Å². The van der Waals surface area contributed by atoms with E-state index in [0.29, 0.717) is 6.42 Å². The van der Waals surface area contributed by atoms with Crippen LogP contribution in [0.1, 0.15) is 23.6 Å². The van der Waals surface area contributed by atoms with E-state index in [4.69, 9.17) is 0 Å². The van der Waals surface area contributed by atoms with E-state index >= 15 is 0 Å². The van der Waals surface area contributed by atoms with Gasteiger partial charge in [-0.2, -0.15) is 0 Å². The van der Waals surface area contributed by atoms with Gasteiger partial charge in [0.2, 0.25) is 5.91 Å². The number of hydrogen-bond donors (Lipinski definition) is 1. The minimum absolute atomic E-state index is 0.0722. The molecule has 1 aliphatic heterocycles. The van der Waals surface area contributed by atoms with Gasteiger partial charge in [0.15, 0.2) is 0 Å². The Bertz CT molecular complexity index is 663. The summed E-state index contributed by atoms with van der Waals surface area (Å²) in [5.74, 6) is -0.405. The smallest absolute Gasteiger partial charge is 0.227 e. The van der Waals surface area contributed by atoms with Crippen molar-refractivity contribution in [2.45, 2.75) is 25.0 Å². The van der Waals surface area contributed by atoms with E-state index in [9.17, 15) is 14.3 Å². The van der Waals surface area contributed by atoms with Crippen LogP contribution >= 0.6 is 0 Å². The van der Waals surface area contributed by atoms with E-state index < -0.39 is 6.10 Å². The lowest BCUT2D eigenvalue weighted by Crippen LogP contribution is -2.33. The number of carbonyl (C=O) groups is 1. The minimum atomic E-state index is -0.574. The van der Waals surface area contributed by atoms with E-state index in [1.54, 1.807) is 41.6 Å². The van der Waals surface area contributed by atoms with Crippen molar-refractivity contribution in [3.8, 4) is 0 Å². The molecule has 0 bridgehead atoms. The highest BCUT2D eigenvalue weighted by molar-refractivity contribution is 5.79. The third kappa shape index (κ3) is 3.14. The lowest BCUT2D eigenvalue weighted by atomic mass is 10.0. The van der Waals surface area contributed by atoms with Crippen LogP contribution in [0.3, 0.4) is 0 Å². The first-order valence-electron chi connectivity index (χ1n) is 7.25. The van der Waals surface area contributed by atoms with E-state index in [-0.39, 0.29) is 30.7 Å². The number of aliphatic hydroxyl groups is 1. The van der Waals surface area contributed by atoms with Gasteiger partial charge in [-0.05, 0) is 41.8 Å². The number of nitrogens with zero attached hydrogens (tertiary/aromatic N) is 2. The van der Waals surface area contributed by atoms with E-state index in [1.165, 1.54) is 12.1 Å². The summed E-state index contributed by atoms with van der Waals surface area (Å²) < 4.78 is 13.4. The lowest BCUT2D eigenvalue weighted by molar-refractivity contribution is -0.131. The Kier molecular flexibility index (Phi) is 4.15. The molecule has 2 aromatic rings. The number of rotatable bonds is 3. The zero-order chi connectivity index (χ0) is 15.5. The molecule has 114 valence electrons. The summed E-state index contributed by atoms with van der Waals surface area (Å²) in [5.41, 5.74) is 1.60. The fraction of sp³-hybridized carbons (Fsp3) is 0.294. The van der Waals surface area contributed by atoms with Gasteiger partial charge in [0, 0.05) is 18.9 Å². The first-order chi connectivity index (χ1) is 10.6. The Hall–Kier alpha value is -2.27. The molecule has 3 rings (SSSR count). The SMILES string of the molecule is O=C(Cc1ccncc1)N1CC(O)CC1c1cccc(F)c1. The van der Waals surface area contributed by atoms with Crippen LogP contribution < -0.4 is 0 Å². The molecule has 2 heterocycles. The van der Waals surface area contributed by atoms with Crippen molar-refractivity contribution < 1.29 is 14.3 Å². The molecule has 1 saturated heterocycles. The van der Waals surface area contributed by atoms with Gasteiger partial charge < -0.3 is 10.0 Å². The van der Waals surface area contributed by atoms with E-state index in [1.807, 2.05) is 0 Å². The van der Waals surface area contributed by atoms with Crippen molar-refractivity contribution in [2.24, 2.45) is 0 Å². The predicted octanol–water partition coefficient (Wildman–Crippen LogP) is 2.10. The van der Waals surface area contributed by atoms with Crippen LogP contribution in [0.4, 0.5) is 4.39 Å². The molecule has 1 fully saturated rings. The van der Waals surface area contributed by atoms with Gasteiger partial charge in [-0.3, -0.25) is 9.78 Å². The molecule has 4 nitrogen and oxygen atoms in total. The highest BCUT2D eigenvalue weighted by Crippen LogP contribution is 2.32. The lowest BCUT2D eigenvalue weighted by Gasteiger charge is -2.25. The minimum Gasteiger partial charge on any atom is -0.391 e. The molecular formula is C17H17FN2O2. The molecule has 0 saturated carbocycles. The maximum absolute atomic E-state index is 13.4. The summed E-state index contributed by atoms with van der Waals surface area (Å²) in [6, 6.07) is 9.52. The molecule has 0 radical (unpaired) electrons. The third-order valence-corrected chi connectivity index (χ3v) is 3.94. The largest absolute Gasteiger partial charge is 0.391 e. The molecule has 1 aliphatic rings. The second-order valence-electron chi connectivity index (χ2n) is 5.54. The van der Waals surface area contributed by atoms with Crippen LogP contribution in [0.5, 0.6) is 0 Å². The summed E-state index contributed by atoms with van der Waals surface area (Å²) in [4.78, 5) is 18.1. The number of benzene rings is 1. The van der Waals surface area contributed by atoms with Crippen molar-refractivity contribution in [1.82, 2.24) is 9.88 Å². The molecule has 2 unspecified atom stereocenters. The van der Waals surface area contributed by atoms with Gasteiger partial charge in [-0.25, -0.2) is 4.39 Å². The summed E-state index contributed by atoms with van der Waals surface area (Å²) in [7, 11) is 0. The Morgan fingerprint density at radius 1 is 1.32 bits per heavy atom. The maximum atomic E-state index is 13.4. The molecule has 5 heteroatoms. The number of pyridine rings is 1. The topological polar surface area (TPSA) is 53.4 Å². The van der Waals surface area contributed by atoms with Crippen LogP contribution in [-0.4, -0.2) is 33.5 Å². The van der Waals surface area contributed by atoms with Crippen LogP contribution in [0.15, 0.2) is 48.8 Å². The van der Waals surface area contributed by atoms with Gasteiger partial charge in [-0.15, -0.1) is 0 Å². The highest BCUT2D eigenvalue weighted by Gasteiger charge is 2.35. The van der Waals surface area contributed by atoms with Crippen LogP contribution in [0.25, 0.3) is 0 Å². The average molecular weight is 300 g/mol. The number of carbonyl (C=O) groups excluding carboxylic acids is 1. The summed E-state index contributed by atoms with van der Waals surface area (Å²) in [5, 5.41) is 9.92. The van der Waals surface area contributed by atoms with Crippen molar-refractivity contribution >= 4 is 5.91 Å². The fourth-order valence-electron chi connectivity index (χ4n) is 2.90. The maximum Gasteiger partial charge on any atom is 0.227 e. The number of aliphatic hydroxyl groups excluding tert-OH is 1. The van der Waals surface area contributed by atoms with E-state index in [2.05, 4.69) is 4.98 Å². The number of aromatic nitrogens is 1. The van der Waals surface area contributed by atoms with Crippen molar-refractivity contribution in [3.05, 3.63) is 65.7 Å². The predicted molar refractivity (Wildman–Crippen MR) is 79.4 cm³/mol. The van der Waals surface area contributed by atoms with Crippen LogP contribution in [0, 0.1) is 5.82 Å². The van der Waals surface area contributed by atoms with E-state index in [0.717, 1.165) is 11.1 Å². The highest BCUT2D eigenvalue weighted by atomic mass is 19.1. The molecule has 22 heavy (non-hydrogen) atoms. The molecule has 0 aliphatic carbocycles. The van der Waals surface area contributed by atoms with Crippen LogP contribution in [0.2, 0.25) is 0 Å². The zero-order valence-electron chi connectivity index (χ0n) is 12.0. The number of amides is 1. The zero-order valence-corrected chi connectivity index (χ0v) is 12.0. The Labute approximate surface area is 128 Å². The number of β-amino-alcohol motifs (C(OH)–C–C–N with tert-alkyl or cyclic N) is 1. The molecule has 1 N–H and O–H groups in total. The Morgan fingerprint density at radius 3 is 2.82 bits per heavy atom. The van der Waals surface area contributed by atoms with Crippen LogP contribution in [-0.2, 0) is 11.2 Å². The van der Waals surface area contributed by atoms with Gasteiger partial charge in [0.1, 0.15) is 5.82 Å². The second kappa shape index (κ2) is 6.23. The molecule has 1 aromatic carbocycles. The average Bonchev–Trinajstić information content (AvgIpc) is 2.90. The second-order valence-corrected chi connectivity index (χ2v) is 5.54. The molecule has 1 aromatic heterocycles. The summed E-state index contributed by atoms with van der Waals surface area (Å²) in [6.07, 6.45) is 3.40. The van der Waals surface area contributed by atoms with Gasteiger partial charge >= 0.3 is 0 Å². The molecular weight excluding hydrogens is 283 g/mol. The van der Waals surface area contributed by atoms with Crippen molar-refractivity contribution in [1.29, 1.82) is 0 Å². The normalized spacial score (nSPS) is 21.1. The molecule has 1 amide bonds. The molecule has 0 spiro atoms. The molecule has 2 atom stereocenters. The van der Waals surface area contributed by atoms with Crippen molar-refractivity contribution in [3.63, 3.8) is 0 Å². The Balaban J connectivity index is 1.80. The summed E-state index contributed by atoms with van der Waals surface area (Å²) >= 11 is 0. The van der Waals surface area contributed by atoms with Gasteiger partial charge in [0.25, 0.3) is 0 Å². The van der Waals surface area contributed by atoms with Gasteiger partial charge in [-0.1, -0.05) is 12.1 Å². The standard InChI is InChI=1S/C17H17FN2O2/c18-14-3-1-2-13(9-14)16-10-15(21)11-20(16)17(22)8-12-4-6-19-7-5-12/h1-7,9,15-16,21H,8,10-11H2. The monoisotopic (exact) mass is 300 g/mol. The quantitative estimate of drug-likeness (QED) is 0.944. The third-order valence-electron chi connectivity index (χ3n) is 3.94. The van der Waals surface area contributed by atoms with Gasteiger partial charge in [0.05, 0.1) is 18.6 Å². The first kappa shape index (κ1) is 14.7.